The summed E-state index contributed by atoms with van der Waals surface area (Å²) in [4.78, 5) is 24.7. The van der Waals surface area contributed by atoms with E-state index in [-0.39, 0.29) is 17.5 Å². The topological polar surface area (TPSA) is 137 Å². The normalized spacial score (nSPS) is 11.9. The number of aromatic nitrogens is 4. The van der Waals surface area contributed by atoms with Crippen LogP contribution in [0.4, 0.5) is 27.5 Å². The predicted octanol–water partition coefficient (Wildman–Crippen LogP) is 6.25. The molecule has 6 aromatic rings. The molecule has 0 radical (unpaired) electrons. The second-order valence-corrected chi connectivity index (χ2v) is 9.04. The van der Waals surface area contributed by atoms with Crippen molar-refractivity contribution in [3.05, 3.63) is 90.1 Å². The molecule has 0 aliphatic carbocycles. The Labute approximate surface area is 231 Å². The van der Waals surface area contributed by atoms with E-state index in [2.05, 4.69) is 30.7 Å². The molecule has 0 spiro atoms. The fourth-order valence-electron chi connectivity index (χ4n) is 4.43. The number of ether oxygens (including phenoxy) is 2. The molecule has 0 amide bonds. The number of carbonyl (C=O) groups excluding carboxylic acids is 1. The van der Waals surface area contributed by atoms with Crippen LogP contribution in [0.15, 0.2) is 81.9 Å². The van der Waals surface area contributed by atoms with Gasteiger partial charge >= 0.3 is 5.97 Å². The van der Waals surface area contributed by atoms with Crippen LogP contribution in [0.5, 0.6) is 5.75 Å². The molecule has 3 aromatic carbocycles. The number of halogens is 1. The number of hydrogen-bond acceptors (Lipinski definition) is 11. The third-order valence-electron chi connectivity index (χ3n) is 6.47. The lowest BCUT2D eigenvalue weighted by molar-refractivity contribution is 0.0567. The maximum Gasteiger partial charge on any atom is 0.373 e. The van der Waals surface area contributed by atoms with E-state index in [1.165, 1.54) is 7.11 Å². The van der Waals surface area contributed by atoms with Gasteiger partial charge in [-0.25, -0.2) is 14.2 Å². The molecule has 0 fully saturated rings. The summed E-state index contributed by atoms with van der Waals surface area (Å²) in [6, 6.07) is 19.8. The number of benzene rings is 3. The van der Waals surface area contributed by atoms with Gasteiger partial charge in [0.05, 0.1) is 24.6 Å². The second kappa shape index (κ2) is 9.75. The highest BCUT2D eigenvalue weighted by atomic mass is 19.1. The Morgan fingerprint density at radius 2 is 1.90 bits per heavy atom. The third kappa shape index (κ3) is 4.46. The zero-order valence-corrected chi connectivity index (χ0v) is 21.3. The number of nitrogens with zero attached hydrogens (tertiary/aromatic N) is 4. The maximum atomic E-state index is 14.6. The number of hydrogen-bond donors (Lipinski definition) is 2. The highest BCUT2D eigenvalue weighted by Crippen LogP contribution is 2.44. The van der Waals surface area contributed by atoms with Crippen LogP contribution in [0, 0.1) is 5.82 Å². The van der Waals surface area contributed by atoms with Gasteiger partial charge in [0.15, 0.2) is 17.4 Å². The van der Waals surface area contributed by atoms with E-state index in [0.717, 1.165) is 22.9 Å². The van der Waals surface area contributed by atoms with Crippen molar-refractivity contribution < 1.29 is 27.6 Å². The summed E-state index contributed by atoms with van der Waals surface area (Å²) in [6.45, 7) is 0.370. The molecule has 0 atom stereocenters. The van der Waals surface area contributed by atoms with Crippen molar-refractivity contribution >= 4 is 40.1 Å². The zero-order valence-electron chi connectivity index (χ0n) is 21.3. The molecule has 1 aliphatic rings. The Hall–Kier alpha value is -5.78. The summed E-state index contributed by atoms with van der Waals surface area (Å²) in [5.41, 5.74) is 4.12. The Balaban J connectivity index is 1.12. The largest absolute Gasteiger partial charge is 0.486 e. The molecule has 11 nitrogen and oxygen atoms in total. The van der Waals surface area contributed by atoms with Crippen molar-refractivity contribution in [3.63, 3.8) is 0 Å². The quantitative estimate of drug-likeness (QED) is 0.218. The van der Waals surface area contributed by atoms with Gasteiger partial charge in [-0.15, -0.1) is 0 Å². The summed E-state index contributed by atoms with van der Waals surface area (Å²) in [5, 5.41) is 10.8. The molecular weight excluding hydrogens is 531 g/mol. The Kier molecular flexibility index (Phi) is 5.78. The molecule has 12 heteroatoms. The number of furan rings is 1. The van der Waals surface area contributed by atoms with Crippen LogP contribution in [0.2, 0.25) is 0 Å². The van der Waals surface area contributed by atoms with Gasteiger partial charge in [-0.05, 0) is 36.4 Å². The van der Waals surface area contributed by atoms with E-state index in [1.54, 1.807) is 30.3 Å². The van der Waals surface area contributed by atoms with Crippen molar-refractivity contribution in [1.82, 2.24) is 20.1 Å². The first-order valence-corrected chi connectivity index (χ1v) is 12.4. The van der Waals surface area contributed by atoms with Crippen LogP contribution in [-0.4, -0.2) is 33.2 Å². The molecule has 0 saturated carbocycles. The summed E-state index contributed by atoms with van der Waals surface area (Å²) in [6.07, 6.45) is 1.06. The highest BCUT2D eigenvalue weighted by Gasteiger charge is 2.27. The molecule has 0 unspecified atom stereocenters. The molecule has 2 N–H and O–H groups in total. The van der Waals surface area contributed by atoms with Crippen LogP contribution in [-0.2, 0) is 11.3 Å². The van der Waals surface area contributed by atoms with Gasteiger partial charge in [-0.1, -0.05) is 35.5 Å². The zero-order chi connectivity index (χ0) is 27.9. The minimum absolute atomic E-state index is 0.0470. The van der Waals surface area contributed by atoms with Crippen molar-refractivity contribution in [2.24, 2.45) is 0 Å². The van der Waals surface area contributed by atoms with Crippen LogP contribution in [0.3, 0.4) is 0 Å². The highest BCUT2D eigenvalue weighted by molar-refractivity contribution is 5.93. The number of anilines is 4. The molecular formula is C29H19FN6O5. The first-order valence-electron chi connectivity index (χ1n) is 12.4. The minimum Gasteiger partial charge on any atom is -0.486 e. The van der Waals surface area contributed by atoms with E-state index in [4.69, 9.17) is 18.4 Å². The van der Waals surface area contributed by atoms with Crippen molar-refractivity contribution in [1.29, 1.82) is 0 Å². The van der Waals surface area contributed by atoms with E-state index in [0.29, 0.717) is 46.4 Å². The van der Waals surface area contributed by atoms with E-state index < -0.39 is 11.8 Å². The maximum absolute atomic E-state index is 14.6. The fraction of sp³-hybridized carbons (Fsp3) is 0.0690. The monoisotopic (exact) mass is 550 g/mol. The van der Waals surface area contributed by atoms with Crippen LogP contribution >= 0.6 is 0 Å². The van der Waals surface area contributed by atoms with Crippen LogP contribution in [0.1, 0.15) is 16.1 Å². The lowest BCUT2D eigenvalue weighted by Gasteiger charge is -2.25. The van der Waals surface area contributed by atoms with E-state index >= 15 is 0 Å². The molecule has 7 rings (SSSR count). The smallest absolute Gasteiger partial charge is 0.373 e. The molecule has 202 valence electrons. The van der Waals surface area contributed by atoms with Gasteiger partial charge < -0.3 is 29.0 Å². The van der Waals surface area contributed by atoms with Crippen LogP contribution in [0.25, 0.3) is 33.8 Å². The fourth-order valence-corrected chi connectivity index (χ4v) is 4.43. The standard InChI is InChI=1S/C29H19FN6O5/c1-38-28(37)23-12-16-11-17(7-10-22(16)40-23)32-26-20(30)13-31-29(35-26)33-21-9-8-18(19-14-39-24(19)21)27-34-25(36-41-27)15-5-3-2-4-6-15/h2-13H,14H2,1H3,(H2,31,32,33,35). The van der Waals surface area contributed by atoms with E-state index in [1.807, 2.05) is 36.4 Å². The average molecular weight is 551 g/mol. The lowest BCUT2D eigenvalue weighted by atomic mass is 10.0. The molecule has 1 aliphatic heterocycles. The summed E-state index contributed by atoms with van der Waals surface area (Å²) in [7, 11) is 1.27. The summed E-state index contributed by atoms with van der Waals surface area (Å²) in [5.74, 6) is 0.407. The van der Waals surface area contributed by atoms with Gasteiger partial charge in [0.25, 0.3) is 5.89 Å². The third-order valence-corrected chi connectivity index (χ3v) is 6.47. The van der Waals surface area contributed by atoms with Gasteiger partial charge in [0.2, 0.25) is 17.5 Å². The first-order chi connectivity index (χ1) is 20.1. The van der Waals surface area contributed by atoms with Crippen LogP contribution < -0.4 is 15.4 Å². The van der Waals surface area contributed by atoms with Crippen molar-refractivity contribution in [2.45, 2.75) is 6.61 Å². The molecule has 41 heavy (non-hydrogen) atoms. The van der Waals surface area contributed by atoms with Gasteiger partial charge in [-0.2, -0.15) is 9.97 Å². The van der Waals surface area contributed by atoms with Gasteiger partial charge in [0, 0.05) is 22.2 Å². The Morgan fingerprint density at radius 3 is 2.71 bits per heavy atom. The molecule has 3 aromatic heterocycles. The Bertz CT molecular complexity index is 1940. The molecule has 4 heterocycles. The predicted molar refractivity (Wildman–Crippen MR) is 146 cm³/mol. The van der Waals surface area contributed by atoms with Crippen molar-refractivity contribution in [3.8, 4) is 28.6 Å². The number of fused-ring (bicyclic) bond motifs is 2. The van der Waals surface area contributed by atoms with Gasteiger partial charge in [0.1, 0.15) is 12.2 Å². The first kappa shape index (κ1) is 24.3. The number of carbonyl (C=O) groups is 1. The lowest BCUT2D eigenvalue weighted by Crippen LogP contribution is -2.14. The van der Waals surface area contributed by atoms with Crippen molar-refractivity contribution in [2.75, 3.05) is 17.7 Å². The number of nitrogens with one attached hydrogen (secondary N) is 2. The second-order valence-electron chi connectivity index (χ2n) is 9.04. The summed E-state index contributed by atoms with van der Waals surface area (Å²) >= 11 is 0. The number of methoxy groups -OCH3 is 1. The van der Waals surface area contributed by atoms with E-state index in [9.17, 15) is 9.18 Å². The molecule has 0 saturated heterocycles. The molecule has 0 bridgehead atoms. The SMILES string of the molecule is COC(=O)c1cc2cc(Nc3nc(Nc4ccc(-c5nc(-c6ccccc6)no5)c5c4OC5)ncc3F)ccc2o1. The minimum atomic E-state index is -0.650. The summed E-state index contributed by atoms with van der Waals surface area (Å²) < 4.78 is 36.1. The number of esters is 1. The average Bonchev–Trinajstić information content (AvgIpc) is 3.63. The number of rotatable bonds is 7. The Morgan fingerprint density at radius 1 is 1.02 bits per heavy atom. The van der Waals surface area contributed by atoms with Gasteiger partial charge in [-0.3, -0.25) is 0 Å².